The molecule has 2 aromatic heterocycles. The predicted octanol–water partition coefficient (Wildman–Crippen LogP) is -1.27. The van der Waals surface area contributed by atoms with Gasteiger partial charge in [0.2, 0.25) is 5.88 Å². The number of aromatic nitrogens is 5. The summed E-state index contributed by atoms with van der Waals surface area (Å²) in [5.41, 5.74) is 1.58. The number of nitrogens with zero attached hydrogens (tertiary/aromatic N) is 5. The van der Waals surface area contributed by atoms with Gasteiger partial charge in [-0.25, -0.2) is 9.97 Å². The summed E-state index contributed by atoms with van der Waals surface area (Å²) in [5.74, 6) is 1.40. The second-order valence-electron chi connectivity index (χ2n) is 3.00. The third-order valence-corrected chi connectivity index (χ3v) is 2.13. The summed E-state index contributed by atoms with van der Waals surface area (Å²) in [6.07, 6.45) is 3.16. The van der Waals surface area contributed by atoms with Gasteiger partial charge in [0.15, 0.2) is 0 Å². The van der Waals surface area contributed by atoms with Crippen LogP contribution in [0.4, 0.5) is 0 Å². The summed E-state index contributed by atoms with van der Waals surface area (Å²) in [4.78, 5) is 7.98. The molecule has 0 bridgehead atoms. The second kappa shape index (κ2) is 2.54. The second-order valence-corrected chi connectivity index (χ2v) is 3.00. The SMILES string of the molecule is Cc1nnc2n1-c1cncnc1OB2. The van der Waals surface area contributed by atoms with Crippen molar-refractivity contribution in [1.82, 2.24) is 24.7 Å². The number of fused-ring (bicyclic) bond motifs is 3. The molecule has 68 valence electrons. The van der Waals surface area contributed by atoms with Gasteiger partial charge >= 0.3 is 7.48 Å². The molecule has 7 heteroatoms. The summed E-state index contributed by atoms with van der Waals surface area (Å²) < 4.78 is 7.29. The third-order valence-electron chi connectivity index (χ3n) is 2.13. The summed E-state index contributed by atoms with van der Waals surface area (Å²) in [6.45, 7) is 1.89. The molecule has 14 heavy (non-hydrogen) atoms. The Morgan fingerprint density at radius 3 is 3.29 bits per heavy atom. The molecular formula is C7H6BN5O. The molecule has 0 aromatic carbocycles. The van der Waals surface area contributed by atoms with Gasteiger partial charge in [0.1, 0.15) is 23.6 Å². The van der Waals surface area contributed by atoms with Gasteiger partial charge in [-0.2, -0.15) is 0 Å². The van der Waals surface area contributed by atoms with E-state index in [1.54, 1.807) is 6.20 Å². The minimum absolute atomic E-state index is 0.408. The molecule has 2 aromatic rings. The van der Waals surface area contributed by atoms with Crippen molar-refractivity contribution in [2.24, 2.45) is 0 Å². The van der Waals surface area contributed by atoms with Gasteiger partial charge in [-0.3, -0.25) is 4.57 Å². The van der Waals surface area contributed by atoms with Crippen molar-refractivity contribution in [3.05, 3.63) is 18.3 Å². The molecule has 0 spiro atoms. The van der Waals surface area contributed by atoms with E-state index in [0.29, 0.717) is 13.4 Å². The monoisotopic (exact) mass is 187 g/mol. The first-order valence-electron chi connectivity index (χ1n) is 4.20. The standard InChI is InChI=1S/C7H6BN5O/c1-4-11-12-7-8-14-6-5(13(4)7)2-9-3-10-6/h2-3,8H,1H3. The highest BCUT2D eigenvalue weighted by Gasteiger charge is 2.22. The maximum absolute atomic E-state index is 5.39. The smallest absolute Gasteiger partial charge is 0.416 e. The Bertz CT molecular complexity index is 497. The lowest BCUT2D eigenvalue weighted by Gasteiger charge is -2.16. The summed E-state index contributed by atoms with van der Waals surface area (Å²) in [6, 6.07) is 0. The molecule has 0 saturated heterocycles. The van der Waals surface area contributed by atoms with E-state index < -0.39 is 0 Å². The molecule has 0 aliphatic carbocycles. The molecule has 0 atom stereocenters. The lowest BCUT2D eigenvalue weighted by molar-refractivity contribution is 0.556. The van der Waals surface area contributed by atoms with E-state index >= 15 is 0 Å². The molecule has 1 aliphatic heterocycles. The van der Waals surface area contributed by atoms with Crippen LogP contribution < -0.4 is 10.4 Å². The number of hydrogen-bond donors (Lipinski definition) is 0. The van der Waals surface area contributed by atoms with Gasteiger partial charge in [0.05, 0.1) is 6.20 Å². The van der Waals surface area contributed by atoms with E-state index in [0.717, 1.165) is 17.2 Å². The maximum atomic E-state index is 5.39. The zero-order chi connectivity index (χ0) is 9.54. The largest absolute Gasteiger partial charge is 0.541 e. The quantitative estimate of drug-likeness (QED) is 0.481. The fourth-order valence-corrected chi connectivity index (χ4v) is 1.52. The van der Waals surface area contributed by atoms with Gasteiger partial charge in [0, 0.05) is 0 Å². The van der Waals surface area contributed by atoms with E-state index in [2.05, 4.69) is 20.2 Å². The average Bonchev–Trinajstić information content (AvgIpc) is 2.61. The highest BCUT2D eigenvalue weighted by Crippen LogP contribution is 2.20. The van der Waals surface area contributed by atoms with Crippen molar-refractivity contribution in [3.8, 4) is 11.6 Å². The van der Waals surface area contributed by atoms with E-state index in [-0.39, 0.29) is 0 Å². The van der Waals surface area contributed by atoms with Crippen LogP contribution in [-0.4, -0.2) is 32.2 Å². The maximum Gasteiger partial charge on any atom is 0.416 e. The number of aryl methyl sites for hydroxylation is 1. The molecule has 0 amide bonds. The fourth-order valence-electron chi connectivity index (χ4n) is 1.52. The van der Waals surface area contributed by atoms with Crippen LogP contribution in [0.3, 0.4) is 0 Å². The first-order valence-corrected chi connectivity index (χ1v) is 4.20. The Labute approximate surface area is 80.2 Å². The van der Waals surface area contributed by atoms with Crippen LogP contribution in [0.2, 0.25) is 0 Å². The Morgan fingerprint density at radius 1 is 1.43 bits per heavy atom. The van der Waals surface area contributed by atoms with Crippen molar-refractivity contribution in [3.63, 3.8) is 0 Å². The summed E-state index contributed by atoms with van der Waals surface area (Å²) >= 11 is 0. The highest BCUT2D eigenvalue weighted by molar-refractivity contribution is 6.46. The molecule has 6 nitrogen and oxygen atoms in total. The van der Waals surface area contributed by atoms with Gasteiger partial charge < -0.3 is 4.65 Å². The lowest BCUT2D eigenvalue weighted by Crippen LogP contribution is -2.35. The van der Waals surface area contributed by atoms with Crippen LogP contribution >= 0.6 is 0 Å². The van der Waals surface area contributed by atoms with Gasteiger partial charge in [-0.05, 0) is 6.92 Å². The van der Waals surface area contributed by atoms with Crippen LogP contribution in [0.25, 0.3) is 5.69 Å². The lowest BCUT2D eigenvalue weighted by atomic mass is 9.98. The van der Waals surface area contributed by atoms with Gasteiger partial charge in [-0.1, -0.05) is 0 Å². The molecular weight excluding hydrogens is 181 g/mol. The fraction of sp³-hybridized carbons (Fsp3) is 0.143. The van der Waals surface area contributed by atoms with E-state index in [1.807, 2.05) is 11.5 Å². The molecule has 0 saturated carbocycles. The first-order chi connectivity index (χ1) is 6.86. The Kier molecular flexibility index (Phi) is 1.36. The normalized spacial score (nSPS) is 12.4. The topological polar surface area (TPSA) is 65.7 Å². The molecule has 0 fully saturated rings. The first kappa shape index (κ1) is 7.49. The van der Waals surface area contributed by atoms with Crippen molar-refractivity contribution in [2.45, 2.75) is 6.92 Å². The van der Waals surface area contributed by atoms with Crippen molar-refractivity contribution >= 4 is 13.2 Å². The van der Waals surface area contributed by atoms with Gasteiger partial charge in [-0.15, -0.1) is 10.2 Å². The predicted molar refractivity (Wildman–Crippen MR) is 49.1 cm³/mol. The van der Waals surface area contributed by atoms with Crippen LogP contribution in [0.15, 0.2) is 12.5 Å². The summed E-state index contributed by atoms with van der Waals surface area (Å²) in [5, 5.41) is 7.96. The van der Waals surface area contributed by atoms with Crippen LogP contribution in [0.1, 0.15) is 5.82 Å². The Balaban J connectivity index is 2.32. The molecule has 1 aliphatic rings. The Morgan fingerprint density at radius 2 is 2.36 bits per heavy atom. The minimum Gasteiger partial charge on any atom is -0.541 e. The third kappa shape index (κ3) is 0.861. The average molecular weight is 187 g/mol. The molecule has 0 N–H and O–H groups in total. The van der Waals surface area contributed by atoms with Crippen LogP contribution in [-0.2, 0) is 0 Å². The highest BCUT2D eigenvalue weighted by atomic mass is 16.4. The molecule has 0 radical (unpaired) electrons. The molecule has 3 heterocycles. The van der Waals surface area contributed by atoms with Crippen LogP contribution in [0, 0.1) is 6.92 Å². The van der Waals surface area contributed by atoms with Gasteiger partial charge in [0.25, 0.3) is 0 Å². The number of rotatable bonds is 0. The number of hydrogen-bond acceptors (Lipinski definition) is 5. The molecule has 3 rings (SSSR count). The minimum atomic E-state index is 0.408. The van der Waals surface area contributed by atoms with Crippen LogP contribution in [0.5, 0.6) is 5.88 Å². The van der Waals surface area contributed by atoms with Crippen molar-refractivity contribution in [1.29, 1.82) is 0 Å². The van der Waals surface area contributed by atoms with E-state index in [4.69, 9.17) is 4.65 Å². The zero-order valence-corrected chi connectivity index (χ0v) is 7.51. The van der Waals surface area contributed by atoms with E-state index in [9.17, 15) is 0 Å². The van der Waals surface area contributed by atoms with Crippen molar-refractivity contribution < 1.29 is 4.65 Å². The van der Waals surface area contributed by atoms with Crippen molar-refractivity contribution in [2.75, 3.05) is 0 Å². The van der Waals surface area contributed by atoms with E-state index in [1.165, 1.54) is 6.33 Å². The zero-order valence-electron chi connectivity index (χ0n) is 7.51. The molecule has 0 unspecified atom stereocenters. The Hall–Kier alpha value is -1.92. The summed E-state index contributed by atoms with van der Waals surface area (Å²) in [7, 11) is 0.408.